The van der Waals surface area contributed by atoms with Crippen molar-refractivity contribution >= 4 is 11.7 Å². The Morgan fingerprint density at radius 1 is 1.03 bits per heavy atom. The van der Waals surface area contributed by atoms with Crippen LogP contribution >= 0.6 is 0 Å². The Balaban J connectivity index is 1.49. The lowest BCUT2D eigenvalue weighted by molar-refractivity contribution is 0.0743. The van der Waals surface area contributed by atoms with Gasteiger partial charge in [-0.2, -0.15) is 5.26 Å². The molecule has 1 amide bonds. The van der Waals surface area contributed by atoms with Crippen molar-refractivity contribution in [1.82, 2.24) is 14.5 Å². The maximum absolute atomic E-state index is 14.3. The summed E-state index contributed by atoms with van der Waals surface area (Å²) in [4.78, 5) is 20.1. The molecule has 1 aromatic heterocycles. The fourth-order valence-corrected chi connectivity index (χ4v) is 4.23. The minimum absolute atomic E-state index is 0.108. The van der Waals surface area contributed by atoms with E-state index in [1.807, 2.05) is 34.9 Å². The summed E-state index contributed by atoms with van der Waals surface area (Å²) < 4.78 is 22.2. The standard InChI is InChI=1S/C28H24FN5O2/c29-24-12-5-4-10-22(24)18-33-14-13-31-27-26(28(33)35)34(17-20-7-2-1-3-8-20)25(32-27)19-36-23-11-6-9-21(15-23)16-30/h1-12,15,31H,13-14,17-19H2. The first-order chi connectivity index (χ1) is 17.6. The van der Waals surface area contributed by atoms with Gasteiger partial charge in [-0.05, 0) is 29.8 Å². The summed E-state index contributed by atoms with van der Waals surface area (Å²) >= 11 is 0. The zero-order valence-corrected chi connectivity index (χ0v) is 19.5. The summed E-state index contributed by atoms with van der Waals surface area (Å²) in [7, 11) is 0. The van der Waals surface area contributed by atoms with E-state index in [0.717, 1.165) is 5.56 Å². The number of benzene rings is 3. The highest BCUT2D eigenvalue weighted by molar-refractivity contribution is 5.98. The van der Waals surface area contributed by atoms with Crippen molar-refractivity contribution in [2.24, 2.45) is 0 Å². The average molecular weight is 482 g/mol. The van der Waals surface area contributed by atoms with Crippen LogP contribution in [0.15, 0.2) is 78.9 Å². The van der Waals surface area contributed by atoms with Crippen LogP contribution in [0.5, 0.6) is 5.75 Å². The van der Waals surface area contributed by atoms with Gasteiger partial charge in [0, 0.05) is 31.7 Å². The Morgan fingerprint density at radius 2 is 1.83 bits per heavy atom. The number of nitriles is 1. The number of ether oxygens (including phenoxy) is 1. The highest BCUT2D eigenvalue weighted by Crippen LogP contribution is 2.26. The predicted octanol–water partition coefficient (Wildman–Crippen LogP) is 4.59. The zero-order chi connectivity index (χ0) is 24.9. The van der Waals surface area contributed by atoms with Crippen molar-refractivity contribution in [2.75, 3.05) is 18.4 Å². The van der Waals surface area contributed by atoms with Crippen LogP contribution in [-0.2, 0) is 19.7 Å². The number of halogens is 1. The van der Waals surface area contributed by atoms with Gasteiger partial charge in [0.25, 0.3) is 5.91 Å². The lowest BCUT2D eigenvalue weighted by Gasteiger charge is -2.22. The smallest absolute Gasteiger partial charge is 0.274 e. The SMILES string of the molecule is N#Cc1cccc(OCc2nc3c(n2Cc2ccccc2)C(=O)N(Cc2ccccc2F)CCN3)c1. The molecule has 180 valence electrons. The summed E-state index contributed by atoms with van der Waals surface area (Å²) in [5.74, 6) is 1.03. The molecule has 5 rings (SSSR count). The third-order valence-corrected chi connectivity index (χ3v) is 6.04. The predicted molar refractivity (Wildman–Crippen MR) is 133 cm³/mol. The van der Waals surface area contributed by atoms with Crippen LogP contribution in [0.3, 0.4) is 0 Å². The first-order valence-corrected chi connectivity index (χ1v) is 11.6. The van der Waals surface area contributed by atoms with Gasteiger partial charge >= 0.3 is 0 Å². The maximum atomic E-state index is 14.3. The molecule has 2 heterocycles. The van der Waals surface area contributed by atoms with E-state index < -0.39 is 0 Å². The van der Waals surface area contributed by atoms with E-state index in [1.54, 1.807) is 47.4 Å². The Morgan fingerprint density at radius 3 is 2.64 bits per heavy atom. The molecular formula is C28H24FN5O2. The Hall–Kier alpha value is -4.64. The molecule has 8 heteroatoms. The van der Waals surface area contributed by atoms with Crippen molar-refractivity contribution in [3.8, 4) is 11.8 Å². The van der Waals surface area contributed by atoms with Crippen molar-refractivity contribution in [2.45, 2.75) is 19.7 Å². The second kappa shape index (κ2) is 10.3. The summed E-state index contributed by atoms with van der Waals surface area (Å²) in [6.45, 7) is 1.59. The Bertz CT molecular complexity index is 1430. The summed E-state index contributed by atoms with van der Waals surface area (Å²) in [5, 5.41) is 12.4. The second-order valence-electron chi connectivity index (χ2n) is 8.47. The van der Waals surface area contributed by atoms with Crippen LogP contribution in [0.1, 0.15) is 33.0 Å². The third-order valence-electron chi connectivity index (χ3n) is 6.04. The Labute approximate surface area is 208 Å². The minimum atomic E-state index is -0.339. The highest BCUT2D eigenvalue weighted by Gasteiger charge is 2.30. The van der Waals surface area contributed by atoms with Crippen molar-refractivity contribution < 1.29 is 13.9 Å². The molecule has 0 unspecified atom stereocenters. The molecule has 0 aliphatic carbocycles. The molecule has 0 spiro atoms. The number of fused-ring (bicyclic) bond motifs is 1. The Kier molecular flexibility index (Phi) is 6.63. The second-order valence-corrected chi connectivity index (χ2v) is 8.47. The average Bonchev–Trinajstić information content (AvgIpc) is 3.16. The molecule has 3 aromatic carbocycles. The van der Waals surface area contributed by atoms with Gasteiger partial charge in [-0.15, -0.1) is 0 Å². The normalized spacial score (nSPS) is 12.9. The van der Waals surface area contributed by atoms with Gasteiger partial charge < -0.3 is 19.5 Å². The number of anilines is 1. The van der Waals surface area contributed by atoms with Crippen LogP contribution in [0, 0.1) is 17.1 Å². The number of nitrogens with one attached hydrogen (secondary N) is 1. The fourth-order valence-electron chi connectivity index (χ4n) is 4.23. The number of hydrogen-bond donors (Lipinski definition) is 1. The summed E-state index contributed by atoms with van der Waals surface area (Å²) in [6.07, 6.45) is 0. The number of amides is 1. The molecule has 0 saturated heterocycles. The molecular weight excluding hydrogens is 457 g/mol. The van der Waals surface area contributed by atoms with Gasteiger partial charge in [0.05, 0.1) is 11.6 Å². The molecule has 36 heavy (non-hydrogen) atoms. The van der Waals surface area contributed by atoms with Gasteiger partial charge in [0.15, 0.2) is 11.5 Å². The molecule has 1 aliphatic heterocycles. The quantitative estimate of drug-likeness (QED) is 0.418. The van der Waals surface area contributed by atoms with Crippen molar-refractivity contribution in [1.29, 1.82) is 5.26 Å². The first kappa shape index (κ1) is 23.1. The van der Waals surface area contributed by atoms with E-state index in [4.69, 9.17) is 9.72 Å². The lowest BCUT2D eigenvalue weighted by atomic mass is 10.2. The monoisotopic (exact) mass is 481 g/mol. The van der Waals surface area contributed by atoms with Gasteiger partial charge in [-0.1, -0.05) is 54.6 Å². The molecule has 1 aliphatic rings. The molecule has 4 aromatic rings. The number of hydrogen-bond acceptors (Lipinski definition) is 5. The van der Waals surface area contributed by atoms with Crippen LogP contribution in [0.4, 0.5) is 10.2 Å². The topological polar surface area (TPSA) is 83.2 Å². The highest BCUT2D eigenvalue weighted by atomic mass is 19.1. The number of carbonyl (C=O) groups excluding carboxylic acids is 1. The lowest BCUT2D eigenvalue weighted by Crippen LogP contribution is -2.34. The van der Waals surface area contributed by atoms with Crippen LogP contribution in [0.25, 0.3) is 0 Å². The van der Waals surface area contributed by atoms with Gasteiger partial charge in [0.2, 0.25) is 0 Å². The number of rotatable bonds is 7. The van der Waals surface area contributed by atoms with Gasteiger partial charge in [-0.3, -0.25) is 4.79 Å². The third kappa shape index (κ3) is 4.91. The van der Waals surface area contributed by atoms with Gasteiger partial charge in [0.1, 0.15) is 24.0 Å². The molecule has 0 saturated carbocycles. The minimum Gasteiger partial charge on any atom is -0.486 e. The number of nitrogens with zero attached hydrogens (tertiary/aromatic N) is 4. The van der Waals surface area contributed by atoms with E-state index >= 15 is 0 Å². The number of aromatic nitrogens is 2. The molecule has 1 N–H and O–H groups in total. The zero-order valence-electron chi connectivity index (χ0n) is 19.5. The fraction of sp³-hybridized carbons (Fsp3) is 0.179. The van der Waals surface area contributed by atoms with E-state index in [2.05, 4.69) is 11.4 Å². The van der Waals surface area contributed by atoms with Crippen LogP contribution < -0.4 is 10.1 Å². The summed E-state index contributed by atoms with van der Waals surface area (Å²) in [5.41, 5.74) is 2.38. The van der Waals surface area contributed by atoms with E-state index in [9.17, 15) is 14.4 Å². The van der Waals surface area contributed by atoms with Crippen molar-refractivity contribution in [3.63, 3.8) is 0 Å². The first-order valence-electron chi connectivity index (χ1n) is 11.6. The molecule has 0 atom stereocenters. The van der Waals surface area contributed by atoms with E-state index in [0.29, 0.717) is 53.8 Å². The summed E-state index contributed by atoms with van der Waals surface area (Å²) in [6, 6.07) is 25.3. The number of carbonyl (C=O) groups is 1. The van der Waals surface area contributed by atoms with Gasteiger partial charge in [-0.25, -0.2) is 9.37 Å². The molecule has 7 nitrogen and oxygen atoms in total. The molecule has 0 fully saturated rings. The van der Waals surface area contributed by atoms with Crippen LogP contribution in [-0.4, -0.2) is 33.4 Å². The van der Waals surface area contributed by atoms with E-state index in [1.165, 1.54) is 6.07 Å². The number of imidazole rings is 1. The van der Waals surface area contributed by atoms with Crippen LogP contribution in [0.2, 0.25) is 0 Å². The maximum Gasteiger partial charge on any atom is 0.274 e. The molecule has 0 bridgehead atoms. The van der Waals surface area contributed by atoms with E-state index in [-0.39, 0.29) is 24.9 Å². The molecule has 0 radical (unpaired) electrons. The largest absolute Gasteiger partial charge is 0.486 e. The van der Waals surface area contributed by atoms with Crippen molar-refractivity contribution in [3.05, 3.63) is 113 Å².